The summed E-state index contributed by atoms with van der Waals surface area (Å²) >= 11 is 0. The first kappa shape index (κ1) is 20.2. The Morgan fingerprint density at radius 2 is 1.29 bits per heavy atom. The third-order valence-electron chi connectivity index (χ3n) is 5.93. The minimum absolute atomic E-state index is 0.578. The number of nitrogens with zero attached hydrogens (tertiary/aromatic N) is 3. The molecule has 0 saturated heterocycles. The highest BCUT2D eigenvalue weighted by molar-refractivity contribution is 6.17. The van der Waals surface area contributed by atoms with Crippen LogP contribution in [0.2, 0.25) is 0 Å². The van der Waals surface area contributed by atoms with Gasteiger partial charge < -0.3 is 14.2 Å². The van der Waals surface area contributed by atoms with Crippen LogP contribution in [-0.4, -0.2) is 27.2 Å². The van der Waals surface area contributed by atoms with Crippen LogP contribution in [0.5, 0.6) is 5.75 Å². The van der Waals surface area contributed by atoms with Gasteiger partial charge in [0.2, 0.25) is 0 Å². The molecule has 0 aliphatic heterocycles. The number of benzene rings is 3. The largest absolute Gasteiger partial charge is 0.569 e. The van der Waals surface area contributed by atoms with Crippen molar-refractivity contribution in [1.82, 2.24) is 14.5 Å². The van der Waals surface area contributed by atoms with Crippen molar-refractivity contribution in [1.29, 1.82) is 0 Å². The van der Waals surface area contributed by atoms with Crippen molar-refractivity contribution in [3.8, 4) is 34.0 Å². The van der Waals surface area contributed by atoms with Crippen LogP contribution in [0.3, 0.4) is 0 Å². The van der Waals surface area contributed by atoms with Crippen LogP contribution in [0.25, 0.3) is 50.0 Å². The highest BCUT2D eigenvalue weighted by Gasteiger charge is 2.15. The number of pyridine rings is 2. The smallest absolute Gasteiger partial charge is 0.537 e. The van der Waals surface area contributed by atoms with E-state index in [0.717, 1.165) is 50.0 Å². The van der Waals surface area contributed by atoms with Gasteiger partial charge in [0.25, 0.3) is 0 Å². The van der Waals surface area contributed by atoms with Gasteiger partial charge in [0.05, 0.1) is 22.4 Å². The second-order valence-electron chi connectivity index (χ2n) is 7.95. The van der Waals surface area contributed by atoms with Gasteiger partial charge in [0, 0.05) is 40.0 Å². The Labute approximate surface area is 197 Å². The molecule has 6 rings (SSSR count). The van der Waals surface area contributed by atoms with Crippen molar-refractivity contribution in [2.75, 3.05) is 0 Å². The molecule has 3 aromatic carbocycles. The van der Waals surface area contributed by atoms with Gasteiger partial charge in [0.1, 0.15) is 5.75 Å². The molecule has 0 spiro atoms. The van der Waals surface area contributed by atoms with Crippen LogP contribution in [0.15, 0.2) is 109 Å². The van der Waals surface area contributed by atoms with Crippen LogP contribution in [0.1, 0.15) is 0 Å². The second kappa shape index (κ2) is 8.50. The molecule has 0 aliphatic carbocycles. The average molecular weight is 440 g/mol. The van der Waals surface area contributed by atoms with E-state index >= 15 is 0 Å². The van der Waals surface area contributed by atoms with Crippen molar-refractivity contribution >= 4 is 29.5 Å². The Hall–Kier alpha value is -4.42. The normalized spacial score (nSPS) is 11.1. The van der Waals surface area contributed by atoms with E-state index in [1.165, 1.54) is 0 Å². The lowest BCUT2D eigenvalue weighted by Gasteiger charge is -2.13. The number of hydrogen-bond acceptors (Lipinski definition) is 4. The molecule has 0 fully saturated rings. The maximum absolute atomic E-state index is 9.10. The van der Waals surface area contributed by atoms with Gasteiger partial charge in [-0.1, -0.05) is 30.3 Å². The molecule has 0 bridgehead atoms. The zero-order valence-corrected chi connectivity index (χ0v) is 18.2. The molecule has 0 amide bonds. The van der Waals surface area contributed by atoms with Gasteiger partial charge in [-0.2, -0.15) is 0 Å². The SMILES string of the molecule is O[B]Oc1ccc2c(c1)c1ccccc1n2-c1cc(-c2ccccn2)cc(-c2ccccn2)c1. The van der Waals surface area contributed by atoms with E-state index in [4.69, 9.17) is 9.68 Å². The fourth-order valence-electron chi connectivity index (χ4n) is 4.47. The summed E-state index contributed by atoms with van der Waals surface area (Å²) in [5.74, 6) is 0.578. The molecular weight excluding hydrogens is 421 g/mol. The molecule has 6 aromatic rings. The van der Waals surface area contributed by atoms with Crippen LogP contribution >= 0.6 is 0 Å². The number of hydrogen-bond donors (Lipinski definition) is 1. The number of aromatic nitrogens is 3. The zero-order valence-electron chi connectivity index (χ0n) is 18.2. The van der Waals surface area contributed by atoms with Crippen LogP contribution < -0.4 is 4.65 Å². The summed E-state index contributed by atoms with van der Waals surface area (Å²) in [7, 11) is 0.704. The number of fused-ring (bicyclic) bond motifs is 3. The summed E-state index contributed by atoms with van der Waals surface area (Å²) < 4.78 is 7.48. The topological polar surface area (TPSA) is 60.2 Å². The maximum Gasteiger partial charge on any atom is 0.569 e. The molecule has 0 atom stereocenters. The summed E-state index contributed by atoms with van der Waals surface area (Å²) in [6.45, 7) is 0. The number of rotatable bonds is 5. The quantitative estimate of drug-likeness (QED) is 0.344. The zero-order chi connectivity index (χ0) is 22.9. The maximum atomic E-state index is 9.10. The van der Waals surface area contributed by atoms with E-state index in [1.807, 2.05) is 79.1 Å². The lowest BCUT2D eigenvalue weighted by molar-refractivity contribution is 0.454. The molecule has 0 aliphatic rings. The van der Waals surface area contributed by atoms with Gasteiger partial charge in [0.15, 0.2) is 0 Å². The van der Waals surface area contributed by atoms with Gasteiger partial charge in [-0.15, -0.1) is 0 Å². The summed E-state index contributed by atoms with van der Waals surface area (Å²) in [6.07, 6.45) is 3.62. The third-order valence-corrected chi connectivity index (χ3v) is 5.93. The molecule has 6 heteroatoms. The van der Waals surface area contributed by atoms with Crippen molar-refractivity contribution in [3.05, 3.63) is 109 Å². The molecule has 0 unspecified atom stereocenters. The predicted octanol–water partition coefficient (Wildman–Crippen LogP) is 5.81. The lowest BCUT2D eigenvalue weighted by atomic mass is 10.0. The third kappa shape index (κ3) is 3.50. The first-order valence-corrected chi connectivity index (χ1v) is 11.0. The first-order chi connectivity index (χ1) is 16.8. The monoisotopic (exact) mass is 440 g/mol. The van der Waals surface area contributed by atoms with Crippen molar-refractivity contribution in [3.63, 3.8) is 0 Å². The van der Waals surface area contributed by atoms with E-state index in [-0.39, 0.29) is 0 Å². The predicted molar refractivity (Wildman–Crippen MR) is 136 cm³/mol. The minimum atomic E-state index is 0.578. The molecule has 0 saturated carbocycles. The Morgan fingerprint density at radius 3 is 1.94 bits per heavy atom. The highest BCUT2D eigenvalue weighted by atomic mass is 16.5. The average Bonchev–Trinajstić information content (AvgIpc) is 3.23. The van der Waals surface area contributed by atoms with Crippen molar-refractivity contribution in [2.45, 2.75) is 0 Å². The van der Waals surface area contributed by atoms with E-state index in [2.05, 4.69) is 44.9 Å². The summed E-state index contributed by atoms with van der Waals surface area (Å²) in [5, 5.41) is 11.2. The molecule has 161 valence electrons. The van der Waals surface area contributed by atoms with E-state index in [9.17, 15) is 0 Å². The molecule has 3 aromatic heterocycles. The van der Waals surface area contributed by atoms with Gasteiger partial charge >= 0.3 is 7.69 Å². The number of para-hydroxylation sites is 1. The molecule has 34 heavy (non-hydrogen) atoms. The van der Waals surface area contributed by atoms with Gasteiger partial charge in [-0.05, 0) is 66.7 Å². The molecule has 1 N–H and O–H groups in total. The Morgan fingerprint density at radius 1 is 0.647 bits per heavy atom. The van der Waals surface area contributed by atoms with E-state index in [0.29, 0.717) is 13.4 Å². The van der Waals surface area contributed by atoms with Gasteiger partial charge in [-0.3, -0.25) is 9.97 Å². The fraction of sp³-hybridized carbons (Fsp3) is 0. The fourth-order valence-corrected chi connectivity index (χ4v) is 4.47. The summed E-state index contributed by atoms with van der Waals surface area (Å²) in [4.78, 5) is 9.18. The van der Waals surface area contributed by atoms with Crippen LogP contribution in [0, 0.1) is 0 Å². The molecule has 5 nitrogen and oxygen atoms in total. The summed E-state index contributed by atoms with van der Waals surface area (Å²) in [5.41, 5.74) is 6.95. The van der Waals surface area contributed by atoms with Crippen LogP contribution in [0.4, 0.5) is 0 Å². The first-order valence-electron chi connectivity index (χ1n) is 11.0. The second-order valence-corrected chi connectivity index (χ2v) is 7.95. The minimum Gasteiger partial charge on any atom is -0.537 e. The lowest BCUT2D eigenvalue weighted by Crippen LogP contribution is -1.99. The summed E-state index contributed by atoms with van der Waals surface area (Å²) in [6, 6.07) is 32.4. The van der Waals surface area contributed by atoms with Gasteiger partial charge in [-0.25, -0.2) is 0 Å². The van der Waals surface area contributed by atoms with Crippen LogP contribution in [-0.2, 0) is 0 Å². The Bertz CT molecular complexity index is 1560. The molecule has 3 heterocycles. The Kier molecular flexibility index (Phi) is 5.05. The van der Waals surface area contributed by atoms with E-state index < -0.39 is 0 Å². The molecule has 1 radical (unpaired) electrons. The highest BCUT2D eigenvalue weighted by Crippen LogP contribution is 2.36. The van der Waals surface area contributed by atoms with Crippen molar-refractivity contribution < 1.29 is 9.68 Å². The van der Waals surface area contributed by atoms with Crippen molar-refractivity contribution in [2.24, 2.45) is 0 Å². The van der Waals surface area contributed by atoms with E-state index in [1.54, 1.807) is 0 Å². The molecular formula is C28H19BN3O2. The Balaban J connectivity index is 1.66. The standard InChI is InChI=1S/C28H19BN3O2/c33-29-34-22-11-12-28-24(18-22)23-7-1-2-10-27(23)32(28)21-16-19(25-8-3-5-13-30-25)15-20(17-21)26-9-4-6-14-31-26/h1-18,33H.